The molecule has 0 atom stereocenters. The number of aryl methyl sites for hydroxylation is 1. The highest BCUT2D eigenvalue weighted by Gasteiger charge is 2.06. The molecule has 1 aromatic carbocycles. The Balaban J connectivity index is 2.26. The van der Waals surface area contributed by atoms with Gasteiger partial charge in [-0.15, -0.1) is 0 Å². The van der Waals surface area contributed by atoms with Gasteiger partial charge in [0.05, 0.1) is 5.52 Å². The van der Waals surface area contributed by atoms with Gasteiger partial charge in [0.15, 0.2) is 0 Å². The van der Waals surface area contributed by atoms with E-state index < -0.39 is 0 Å². The monoisotopic (exact) mass is 243 g/mol. The van der Waals surface area contributed by atoms with Gasteiger partial charge in [0.25, 0.3) is 0 Å². The third-order valence-electron chi connectivity index (χ3n) is 3.11. The lowest BCUT2D eigenvalue weighted by atomic mass is 10.1. The normalized spacial score (nSPS) is 11.3. The van der Waals surface area contributed by atoms with E-state index in [1.54, 1.807) is 0 Å². The summed E-state index contributed by atoms with van der Waals surface area (Å²) in [6.07, 6.45) is 1.04. The lowest BCUT2D eigenvalue weighted by molar-refractivity contribution is 0.325. The second-order valence-electron chi connectivity index (χ2n) is 4.82. The van der Waals surface area contributed by atoms with E-state index in [0.717, 1.165) is 37.3 Å². The number of nitrogens with two attached hydrogens (primary N) is 1. The van der Waals surface area contributed by atoms with E-state index in [1.807, 2.05) is 6.07 Å². The lowest BCUT2D eigenvalue weighted by Gasteiger charge is -2.17. The first-order valence-electron chi connectivity index (χ1n) is 6.44. The first-order chi connectivity index (χ1) is 8.70. The van der Waals surface area contributed by atoms with E-state index in [-0.39, 0.29) is 0 Å². The predicted molar refractivity (Wildman–Crippen MR) is 76.5 cm³/mol. The highest BCUT2D eigenvalue weighted by atomic mass is 15.1. The van der Waals surface area contributed by atoms with Crippen molar-refractivity contribution in [3.8, 4) is 0 Å². The molecule has 2 N–H and O–H groups in total. The summed E-state index contributed by atoms with van der Waals surface area (Å²) in [6.45, 7) is 4.78. The molecule has 0 amide bonds. The fraction of sp³-hybridized carbons (Fsp3) is 0.400. The van der Waals surface area contributed by atoms with Crippen LogP contribution in [0.2, 0.25) is 0 Å². The van der Waals surface area contributed by atoms with Crippen LogP contribution in [0.1, 0.15) is 17.7 Å². The van der Waals surface area contributed by atoms with Gasteiger partial charge in [-0.05, 0) is 51.2 Å². The Kier molecular flexibility index (Phi) is 4.28. The first kappa shape index (κ1) is 13.0. The maximum absolute atomic E-state index is 5.55. The van der Waals surface area contributed by atoms with E-state index in [1.165, 1.54) is 10.9 Å². The van der Waals surface area contributed by atoms with Gasteiger partial charge < -0.3 is 10.6 Å². The molecule has 2 rings (SSSR count). The standard InChI is InChI=1S/C15H21N3/c1-12-10-13(11-18(2)9-5-8-16)14-6-3-4-7-15(14)17-12/h3-4,6-7,10H,5,8-9,11,16H2,1-2H3. The molecule has 0 radical (unpaired) electrons. The van der Waals surface area contributed by atoms with Crippen molar-refractivity contribution in [2.45, 2.75) is 19.9 Å². The van der Waals surface area contributed by atoms with E-state index in [0.29, 0.717) is 0 Å². The molecule has 0 unspecified atom stereocenters. The Morgan fingerprint density at radius 3 is 2.83 bits per heavy atom. The van der Waals surface area contributed by atoms with Gasteiger partial charge in [-0.2, -0.15) is 0 Å². The average molecular weight is 243 g/mol. The smallest absolute Gasteiger partial charge is 0.0708 e. The fourth-order valence-corrected chi connectivity index (χ4v) is 2.26. The summed E-state index contributed by atoms with van der Waals surface area (Å²) < 4.78 is 0. The molecule has 3 nitrogen and oxygen atoms in total. The van der Waals surface area contributed by atoms with Crippen molar-refractivity contribution in [2.24, 2.45) is 5.73 Å². The third-order valence-corrected chi connectivity index (χ3v) is 3.11. The quantitative estimate of drug-likeness (QED) is 0.876. The molecule has 0 spiro atoms. The molecule has 3 heteroatoms. The fourth-order valence-electron chi connectivity index (χ4n) is 2.26. The second kappa shape index (κ2) is 5.94. The Hall–Kier alpha value is -1.45. The molecule has 0 aliphatic carbocycles. The summed E-state index contributed by atoms with van der Waals surface area (Å²) in [4.78, 5) is 6.88. The van der Waals surface area contributed by atoms with Gasteiger partial charge in [-0.3, -0.25) is 4.98 Å². The zero-order chi connectivity index (χ0) is 13.0. The number of pyridine rings is 1. The number of benzene rings is 1. The SMILES string of the molecule is Cc1cc(CN(C)CCCN)c2ccccc2n1. The van der Waals surface area contributed by atoms with E-state index in [2.05, 4.69) is 48.1 Å². The third kappa shape index (κ3) is 3.06. The molecule has 0 aliphatic rings. The number of hydrogen-bond donors (Lipinski definition) is 1. The number of nitrogens with zero attached hydrogens (tertiary/aromatic N) is 2. The van der Waals surface area contributed by atoms with Crippen LogP contribution >= 0.6 is 0 Å². The molecule has 0 bridgehead atoms. The molecule has 0 saturated heterocycles. The van der Waals surface area contributed by atoms with Gasteiger partial charge >= 0.3 is 0 Å². The van der Waals surface area contributed by atoms with Crippen molar-refractivity contribution in [1.29, 1.82) is 0 Å². The Morgan fingerprint density at radius 1 is 1.28 bits per heavy atom. The van der Waals surface area contributed by atoms with Crippen LogP contribution in [0.15, 0.2) is 30.3 Å². The summed E-state index contributed by atoms with van der Waals surface area (Å²) in [5.74, 6) is 0. The van der Waals surface area contributed by atoms with E-state index in [4.69, 9.17) is 5.73 Å². The van der Waals surface area contributed by atoms with Crippen LogP contribution < -0.4 is 5.73 Å². The van der Waals surface area contributed by atoms with E-state index >= 15 is 0 Å². The summed E-state index contributed by atoms with van der Waals surface area (Å²) in [7, 11) is 2.14. The maximum atomic E-state index is 5.55. The molecular weight excluding hydrogens is 222 g/mol. The summed E-state index contributed by atoms with van der Waals surface area (Å²) in [6, 6.07) is 10.5. The zero-order valence-corrected chi connectivity index (χ0v) is 11.2. The van der Waals surface area contributed by atoms with Crippen LogP contribution in [0.25, 0.3) is 10.9 Å². The minimum Gasteiger partial charge on any atom is -0.330 e. The average Bonchev–Trinajstić information content (AvgIpc) is 2.36. The van der Waals surface area contributed by atoms with Gasteiger partial charge in [-0.1, -0.05) is 18.2 Å². The molecule has 2 aromatic rings. The predicted octanol–water partition coefficient (Wildman–Crippen LogP) is 2.32. The largest absolute Gasteiger partial charge is 0.330 e. The molecule has 1 heterocycles. The van der Waals surface area contributed by atoms with Crippen LogP contribution in [-0.4, -0.2) is 30.0 Å². The minimum absolute atomic E-state index is 0.750. The van der Waals surface area contributed by atoms with Crippen LogP contribution in [0.3, 0.4) is 0 Å². The van der Waals surface area contributed by atoms with Crippen molar-refractivity contribution in [3.05, 3.63) is 41.6 Å². The number of rotatable bonds is 5. The van der Waals surface area contributed by atoms with Crippen LogP contribution in [-0.2, 0) is 6.54 Å². The summed E-state index contributed by atoms with van der Waals surface area (Å²) in [5, 5.41) is 1.25. The zero-order valence-electron chi connectivity index (χ0n) is 11.2. The second-order valence-corrected chi connectivity index (χ2v) is 4.82. The Bertz CT molecular complexity index is 522. The minimum atomic E-state index is 0.750. The van der Waals surface area contributed by atoms with Crippen LogP contribution in [0.5, 0.6) is 0 Å². The molecule has 18 heavy (non-hydrogen) atoms. The van der Waals surface area contributed by atoms with Gasteiger partial charge in [0, 0.05) is 17.6 Å². The van der Waals surface area contributed by atoms with Crippen molar-refractivity contribution < 1.29 is 0 Å². The lowest BCUT2D eigenvalue weighted by Crippen LogP contribution is -2.21. The summed E-state index contributed by atoms with van der Waals surface area (Å²) >= 11 is 0. The molecule has 96 valence electrons. The molecule has 0 aliphatic heterocycles. The molecular formula is C15H21N3. The van der Waals surface area contributed by atoms with Gasteiger partial charge in [-0.25, -0.2) is 0 Å². The van der Waals surface area contributed by atoms with Crippen LogP contribution in [0, 0.1) is 6.92 Å². The molecule has 0 saturated carbocycles. The first-order valence-corrected chi connectivity index (χ1v) is 6.44. The number of fused-ring (bicyclic) bond motifs is 1. The molecule has 1 aromatic heterocycles. The Morgan fingerprint density at radius 2 is 2.06 bits per heavy atom. The number of para-hydroxylation sites is 1. The highest BCUT2D eigenvalue weighted by molar-refractivity contribution is 5.82. The number of aromatic nitrogens is 1. The van der Waals surface area contributed by atoms with Crippen molar-refractivity contribution in [3.63, 3.8) is 0 Å². The maximum Gasteiger partial charge on any atom is 0.0708 e. The van der Waals surface area contributed by atoms with Gasteiger partial charge in [0.2, 0.25) is 0 Å². The van der Waals surface area contributed by atoms with Crippen molar-refractivity contribution in [1.82, 2.24) is 9.88 Å². The van der Waals surface area contributed by atoms with Gasteiger partial charge in [0.1, 0.15) is 0 Å². The van der Waals surface area contributed by atoms with Crippen LogP contribution in [0.4, 0.5) is 0 Å². The van der Waals surface area contributed by atoms with Crippen molar-refractivity contribution >= 4 is 10.9 Å². The highest BCUT2D eigenvalue weighted by Crippen LogP contribution is 2.19. The molecule has 0 fully saturated rings. The topological polar surface area (TPSA) is 42.1 Å². The number of hydrogen-bond acceptors (Lipinski definition) is 3. The summed E-state index contributed by atoms with van der Waals surface area (Å²) in [5.41, 5.74) is 9.06. The van der Waals surface area contributed by atoms with E-state index in [9.17, 15) is 0 Å². The Labute approximate surface area is 109 Å². The van der Waals surface area contributed by atoms with Crippen molar-refractivity contribution in [2.75, 3.05) is 20.1 Å².